The summed E-state index contributed by atoms with van der Waals surface area (Å²) in [4.78, 5) is 0. The number of hydrogen-bond donors (Lipinski definition) is 1. The van der Waals surface area contributed by atoms with E-state index in [0.717, 1.165) is 24.4 Å². The quantitative estimate of drug-likeness (QED) is 0.888. The Balaban J connectivity index is 1.81. The lowest BCUT2D eigenvalue weighted by Crippen LogP contribution is -2.39. The minimum Gasteiger partial charge on any atom is -0.465 e. The number of hydrogen-bond acceptors (Lipinski definition) is 3. The molecule has 1 saturated carbocycles. The minimum atomic E-state index is -4.25. The number of ether oxygens (including phenoxy) is 1. The summed E-state index contributed by atoms with van der Waals surface area (Å²) in [5, 5.41) is 3.42. The zero-order valence-corrected chi connectivity index (χ0v) is 12.4. The third kappa shape index (κ3) is 5.36. The fraction of sp³-hybridized carbons (Fsp3) is 0.733. The van der Waals surface area contributed by atoms with Crippen molar-refractivity contribution in [2.24, 2.45) is 0 Å². The van der Waals surface area contributed by atoms with Gasteiger partial charge in [0, 0.05) is 6.04 Å². The number of aryl methyl sites for hydroxylation is 1. The maximum atomic E-state index is 12.2. The Kier molecular flexibility index (Phi) is 5.32. The maximum absolute atomic E-state index is 12.2. The molecule has 21 heavy (non-hydrogen) atoms. The number of nitrogens with one attached hydrogen (secondary N) is 1. The highest BCUT2D eigenvalue weighted by Gasteiger charge is 2.31. The maximum Gasteiger partial charge on any atom is 0.411 e. The van der Waals surface area contributed by atoms with Crippen LogP contribution in [0.2, 0.25) is 0 Å². The molecule has 0 bridgehead atoms. The number of alkyl halides is 3. The van der Waals surface area contributed by atoms with Crippen LogP contribution in [0.25, 0.3) is 0 Å². The van der Waals surface area contributed by atoms with Gasteiger partial charge in [-0.2, -0.15) is 13.2 Å². The summed E-state index contributed by atoms with van der Waals surface area (Å²) < 4.78 is 47.1. The lowest BCUT2D eigenvalue weighted by molar-refractivity contribution is -0.188. The number of rotatable bonds is 5. The van der Waals surface area contributed by atoms with Crippen LogP contribution in [0.5, 0.6) is 0 Å². The second kappa shape index (κ2) is 6.83. The van der Waals surface area contributed by atoms with Gasteiger partial charge in [0.05, 0.1) is 12.1 Å². The highest BCUT2D eigenvalue weighted by atomic mass is 19.4. The first-order valence-corrected chi connectivity index (χ1v) is 7.34. The third-order valence-corrected chi connectivity index (χ3v) is 3.78. The van der Waals surface area contributed by atoms with Crippen LogP contribution < -0.4 is 5.32 Å². The lowest BCUT2D eigenvalue weighted by Gasteiger charge is -2.31. The van der Waals surface area contributed by atoms with Gasteiger partial charge in [0.2, 0.25) is 0 Å². The summed E-state index contributed by atoms with van der Waals surface area (Å²) in [6.07, 6.45) is -1.43. The Bertz CT molecular complexity index is 444. The first-order chi connectivity index (χ1) is 9.83. The van der Waals surface area contributed by atoms with Crippen molar-refractivity contribution < 1.29 is 22.3 Å². The van der Waals surface area contributed by atoms with Crippen LogP contribution in [-0.4, -0.2) is 24.9 Å². The second-order valence-electron chi connectivity index (χ2n) is 5.75. The van der Waals surface area contributed by atoms with E-state index in [9.17, 15) is 13.2 Å². The molecule has 0 amide bonds. The Morgan fingerprint density at radius 1 is 1.38 bits per heavy atom. The van der Waals surface area contributed by atoms with E-state index in [2.05, 4.69) is 5.32 Å². The summed E-state index contributed by atoms with van der Waals surface area (Å²) in [5.41, 5.74) is 0. The van der Waals surface area contributed by atoms with Crippen LogP contribution in [0.3, 0.4) is 0 Å². The van der Waals surface area contributed by atoms with E-state index in [1.165, 1.54) is 0 Å². The van der Waals surface area contributed by atoms with E-state index < -0.39 is 12.8 Å². The topological polar surface area (TPSA) is 34.4 Å². The summed E-state index contributed by atoms with van der Waals surface area (Å²) in [5.74, 6) is 1.71. The Hall–Kier alpha value is -1.01. The predicted molar refractivity (Wildman–Crippen MR) is 73.0 cm³/mol. The average molecular weight is 305 g/mol. The van der Waals surface area contributed by atoms with Gasteiger partial charge >= 0.3 is 6.18 Å². The fourth-order valence-corrected chi connectivity index (χ4v) is 2.78. The van der Waals surface area contributed by atoms with Gasteiger partial charge in [0.25, 0.3) is 0 Å². The van der Waals surface area contributed by atoms with Gasteiger partial charge < -0.3 is 14.5 Å². The lowest BCUT2D eigenvalue weighted by atomic mass is 9.92. The van der Waals surface area contributed by atoms with E-state index in [1.54, 1.807) is 0 Å². The molecule has 3 unspecified atom stereocenters. The number of halogens is 3. The molecule has 3 nitrogen and oxygen atoms in total. The smallest absolute Gasteiger partial charge is 0.411 e. The van der Waals surface area contributed by atoms with Crippen molar-refractivity contribution in [3.63, 3.8) is 0 Å². The monoisotopic (exact) mass is 305 g/mol. The van der Waals surface area contributed by atoms with Crippen LogP contribution in [-0.2, 0) is 4.74 Å². The Labute approximate surface area is 122 Å². The van der Waals surface area contributed by atoms with Crippen LogP contribution in [0.4, 0.5) is 13.2 Å². The molecule has 0 aliphatic heterocycles. The molecule has 6 heteroatoms. The molecule has 1 aromatic heterocycles. The molecule has 120 valence electrons. The molecule has 0 spiro atoms. The van der Waals surface area contributed by atoms with Crippen molar-refractivity contribution in [2.75, 3.05) is 6.61 Å². The average Bonchev–Trinajstić information content (AvgIpc) is 2.83. The molecular formula is C15H22F3NO2. The number of furan rings is 1. The van der Waals surface area contributed by atoms with Gasteiger partial charge in [-0.25, -0.2) is 0 Å². The van der Waals surface area contributed by atoms with E-state index >= 15 is 0 Å². The van der Waals surface area contributed by atoms with Crippen LogP contribution in [0.15, 0.2) is 16.5 Å². The van der Waals surface area contributed by atoms with Crippen LogP contribution in [0.1, 0.15) is 50.2 Å². The van der Waals surface area contributed by atoms with Crippen molar-refractivity contribution in [1.29, 1.82) is 0 Å². The van der Waals surface area contributed by atoms with Gasteiger partial charge in [0.15, 0.2) is 0 Å². The first kappa shape index (κ1) is 16.4. The van der Waals surface area contributed by atoms with E-state index in [-0.39, 0.29) is 18.2 Å². The largest absolute Gasteiger partial charge is 0.465 e. The first-order valence-electron chi connectivity index (χ1n) is 7.34. The van der Waals surface area contributed by atoms with Gasteiger partial charge in [0.1, 0.15) is 18.1 Å². The fourth-order valence-electron chi connectivity index (χ4n) is 2.78. The van der Waals surface area contributed by atoms with Gasteiger partial charge in [-0.1, -0.05) is 0 Å². The van der Waals surface area contributed by atoms with Gasteiger partial charge in [-0.3, -0.25) is 0 Å². The van der Waals surface area contributed by atoms with E-state index in [4.69, 9.17) is 9.15 Å². The van der Waals surface area contributed by atoms with Crippen molar-refractivity contribution in [3.8, 4) is 0 Å². The van der Waals surface area contributed by atoms with Crippen molar-refractivity contribution in [3.05, 3.63) is 23.7 Å². The zero-order valence-electron chi connectivity index (χ0n) is 12.4. The van der Waals surface area contributed by atoms with E-state index in [1.807, 2.05) is 26.0 Å². The van der Waals surface area contributed by atoms with Crippen molar-refractivity contribution in [1.82, 2.24) is 5.32 Å². The minimum absolute atomic E-state index is 0.0464. The highest BCUT2D eigenvalue weighted by molar-refractivity contribution is 5.09. The molecule has 1 heterocycles. The Morgan fingerprint density at radius 3 is 2.76 bits per heavy atom. The third-order valence-electron chi connectivity index (χ3n) is 3.78. The normalized spacial score (nSPS) is 25.0. The van der Waals surface area contributed by atoms with E-state index in [0.29, 0.717) is 12.8 Å². The molecule has 0 radical (unpaired) electrons. The summed E-state index contributed by atoms with van der Waals surface area (Å²) in [6, 6.07) is 4.04. The predicted octanol–water partition coefficient (Wildman–Crippen LogP) is 4.13. The molecule has 1 aromatic rings. The summed E-state index contributed by atoms with van der Waals surface area (Å²) in [7, 11) is 0. The molecule has 0 saturated heterocycles. The molecule has 0 aromatic carbocycles. The molecule has 1 fully saturated rings. The van der Waals surface area contributed by atoms with Gasteiger partial charge in [-0.05, 0) is 51.7 Å². The second-order valence-corrected chi connectivity index (χ2v) is 5.75. The summed E-state index contributed by atoms with van der Waals surface area (Å²) >= 11 is 0. The zero-order chi connectivity index (χ0) is 15.5. The standard InChI is InChI=1S/C15H22F3NO2/c1-10-6-7-14(21-10)11(2)19-12-4-3-5-13(8-12)20-9-15(16,17)18/h6-7,11-13,19H,3-5,8-9H2,1-2H3. The molecular weight excluding hydrogens is 283 g/mol. The van der Waals surface area contributed by atoms with Gasteiger partial charge in [-0.15, -0.1) is 0 Å². The highest BCUT2D eigenvalue weighted by Crippen LogP contribution is 2.26. The van der Waals surface area contributed by atoms with Crippen LogP contribution >= 0.6 is 0 Å². The van der Waals surface area contributed by atoms with Crippen molar-refractivity contribution in [2.45, 2.75) is 63.9 Å². The van der Waals surface area contributed by atoms with Crippen LogP contribution in [0, 0.1) is 6.92 Å². The SMILES string of the molecule is Cc1ccc(C(C)NC2CCCC(OCC(F)(F)F)C2)o1. The van der Waals surface area contributed by atoms with Crippen molar-refractivity contribution >= 4 is 0 Å². The molecule has 1 aliphatic rings. The molecule has 2 rings (SSSR count). The molecule has 1 aliphatic carbocycles. The summed E-state index contributed by atoms with van der Waals surface area (Å²) in [6.45, 7) is 2.73. The molecule has 3 atom stereocenters. The molecule has 1 N–H and O–H groups in total. The Morgan fingerprint density at radius 2 is 2.14 bits per heavy atom.